The van der Waals surface area contributed by atoms with Crippen molar-refractivity contribution >= 4 is 21.8 Å². The Hall–Kier alpha value is -0.870. The predicted molar refractivity (Wildman–Crippen MR) is 74.2 cm³/mol. The molecule has 1 aliphatic rings. The van der Waals surface area contributed by atoms with Gasteiger partial charge in [0, 0.05) is 24.7 Å². The lowest BCUT2D eigenvalue weighted by molar-refractivity contribution is -0.132. The summed E-state index contributed by atoms with van der Waals surface area (Å²) >= 11 is 3.44. The van der Waals surface area contributed by atoms with Crippen molar-refractivity contribution in [2.45, 2.75) is 31.9 Å². The average Bonchev–Trinajstić information content (AvgIpc) is 2.81. The quantitative estimate of drug-likeness (QED) is 0.855. The normalized spacial score (nSPS) is 18.9. The van der Waals surface area contributed by atoms with Crippen LogP contribution in [-0.4, -0.2) is 30.6 Å². The number of carbonyl (C=O) groups is 1. The third-order valence-corrected chi connectivity index (χ3v) is 3.65. The molecule has 4 heteroatoms. The molecule has 0 radical (unpaired) electrons. The lowest BCUT2D eigenvalue weighted by Gasteiger charge is -2.19. The second-order valence-corrected chi connectivity index (χ2v) is 5.63. The van der Waals surface area contributed by atoms with Crippen LogP contribution in [0.4, 0.5) is 0 Å². The maximum Gasteiger partial charge on any atom is 0.225 e. The number of carbonyl (C=O) groups excluding carboxylic acids is 1. The van der Waals surface area contributed by atoms with E-state index in [4.69, 9.17) is 4.74 Å². The van der Waals surface area contributed by atoms with Crippen LogP contribution in [0.25, 0.3) is 0 Å². The first-order valence-corrected chi connectivity index (χ1v) is 7.04. The van der Waals surface area contributed by atoms with Crippen molar-refractivity contribution in [3.63, 3.8) is 0 Å². The van der Waals surface area contributed by atoms with Gasteiger partial charge in [-0.25, -0.2) is 0 Å². The molecule has 0 saturated carbocycles. The molecular weight excluding hydrogens is 294 g/mol. The van der Waals surface area contributed by atoms with E-state index in [2.05, 4.69) is 15.9 Å². The Morgan fingerprint density at radius 1 is 1.56 bits per heavy atom. The molecule has 1 amide bonds. The molecule has 1 fully saturated rings. The van der Waals surface area contributed by atoms with Crippen LogP contribution in [0, 0.1) is 0 Å². The van der Waals surface area contributed by atoms with Gasteiger partial charge < -0.3 is 9.64 Å². The second kappa shape index (κ2) is 6.34. The van der Waals surface area contributed by atoms with E-state index in [1.165, 1.54) is 0 Å². The summed E-state index contributed by atoms with van der Waals surface area (Å²) in [5.74, 6) is 0.155. The van der Waals surface area contributed by atoms with Gasteiger partial charge in [-0.05, 0) is 30.5 Å². The van der Waals surface area contributed by atoms with E-state index < -0.39 is 0 Å². The molecule has 1 unspecified atom stereocenters. The van der Waals surface area contributed by atoms with Gasteiger partial charge in [-0.2, -0.15) is 0 Å². The Kier molecular flexibility index (Phi) is 4.78. The zero-order valence-corrected chi connectivity index (χ0v) is 12.1. The summed E-state index contributed by atoms with van der Waals surface area (Å²) < 4.78 is 6.53. The number of hydrogen-bond acceptors (Lipinski definition) is 2. The number of nitrogens with zero attached hydrogens (tertiary/aromatic N) is 1. The van der Waals surface area contributed by atoms with Crippen LogP contribution in [-0.2, 0) is 16.1 Å². The molecule has 0 bridgehead atoms. The molecule has 0 aliphatic carbocycles. The van der Waals surface area contributed by atoms with E-state index in [1.807, 2.05) is 31.3 Å². The fraction of sp³-hybridized carbons (Fsp3) is 0.500. The number of rotatable bonds is 4. The summed E-state index contributed by atoms with van der Waals surface area (Å²) in [6.07, 6.45) is 2.72. The van der Waals surface area contributed by atoms with Gasteiger partial charge in [0.1, 0.15) is 0 Å². The molecule has 0 N–H and O–H groups in total. The first-order valence-electron chi connectivity index (χ1n) is 6.25. The minimum atomic E-state index is 0.127. The molecule has 1 aliphatic heterocycles. The lowest BCUT2D eigenvalue weighted by atomic mass is 10.1. The van der Waals surface area contributed by atoms with Gasteiger partial charge in [-0.3, -0.25) is 4.79 Å². The standard InChI is InChI=1S/C14H18BrNO2/c1-16(10-11-4-2-5-12(15)8-11)14(17)9-13-6-3-7-18-13/h2,4-5,8,13H,3,6-7,9-10H2,1H3. The van der Waals surface area contributed by atoms with Crippen LogP contribution >= 0.6 is 15.9 Å². The summed E-state index contributed by atoms with van der Waals surface area (Å²) in [4.78, 5) is 13.8. The molecule has 1 aromatic rings. The average molecular weight is 312 g/mol. The van der Waals surface area contributed by atoms with Crippen molar-refractivity contribution in [2.24, 2.45) is 0 Å². The third-order valence-electron chi connectivity index (χ3n) is 3.16. The van der Waals surface area contributed by atoms with Gasteiger partial charge >= 0.3 is 0 Å². The molecule has 0 spiro atoms. The molecule has 0 aromatic heterocycles. The van der Waals surface area contributed by atoms with E-state index >= 15 is 0 Å². The highest BCUT2D eigenvalue weighted by molar-refractivity contribution is 9.10. The fourth-order valence-corrected chi connectivity index (χ4v) is 2.60. The van der Waals surface area contributed by atoms with Gasteiger partial charge in [0.25, 0.3) is 0 Å². The van der Waals surface area contributed by atoms with Crippen LogP contribution in [0.15, 0.2) is 28.7 Å². The topological polar surface area (TPSA) is 29.5 Å². The highest BCUT2D eigenvalue weighted by atomic mass is 79.9. The Balaban J connectivity index is 1.86. The maximum absolute atomic E-state index is 12.0. The second-order valence-electron chi connectivity index (χ2n) is 4.72. The Bertz CT molecular complexity index is 416. The van der Waals surface area contributed by atoms with Gasteiger partial charge in [0.05, 0.1) is 12.5 Å². The lowest BCUT2D eigenvalue weighted by Crippen LogP contribution is -2.29. The number of amides is 1. The molecule has 98 valence electrons. The van der Waals surface area contributed by atoms with Gasteiger partial charge in [0.15, 0.2) is 0 Å². The summed E-state index contributed by atoms with van der Waals surface area (Å²) in [5, 5.41) is 0. The van der Waals surface area contributed by atoms with Gasteiger partial charge in [-0.15, -0.1) is 0 Å². The van der Waals surface area contributed by atoms with Crippen LogP contribution < -0.4 is 0 Å². The van der Waals surface area contributed by atoms with Crippen LogP contribution in [0.2, 0.25) is 0 Å². The summed E-state index contributed by atoms with van der Waals surface area (Å²) in [5.41, 5.74) is 1.13. The maximum atomic E-state index is 12.0. The smallest absolute Gasteiger partial charge is 0.225 e. The van der Waals surface area contributed by atoms with E-state index in [1.54, 1.807) is 4.90 Å². The summed E-state index contributed by atoms with van der Waals surface area (Å²) in [7, 11) is 1.85. The molecule has 1 atom stereocenters. The fourth-order valence-electron chi connectivity index (χ4n) is 2.15. The Labute approximate surface area is 116 Å². The van der Waals surface area contributed by atoms with Crippen molar-refractivity contribution in [3.8, 4) is 0 Å². The number of hydrogen-bond donors (Lipinski definition) is 0. The van der Waals surface area contributed by atoms with Crippen molar-refractivity contribution in [1.29, 1.82) is 0 Å². The van der Waals surface area contributed by atoms with Crippen molar-refractivity contribution in [3.05, 3.63) is 34.3 Å². The minimum Gasteiger partial charge on any atom is -0.378 e. The third kappa shape index (κ3) is 3.82. The summed E-state index contributed by atoms with van der Waals surface area (Å²) in [6.45, 7) is 1.44. The predicted octanol–water partition coefficient (Wildman–Crippen LogP) is 2.98. The zero-order valence-electron chi connectivity index (χ0n) is 10.6. The van der Waals surface area contributed by atoms with Crippen LogP contribution in [0.3, 0.4) is 0 Å². The molecule has 1 aromatic carbocycles. The van der Waals surface area contributed by atoms with Crippen molar-refractivity contribution in [1.82, 2.24) is 4.90 Å². The van der Waals surface area contributed by atoms with E-state index in [9.17, 15) is 4.79 Å². The van der Waals surface area contributed by atoms with Crippen LogP contribution in [0.5, 0.6) is 0 Å². The van der Waals surface area contributed by atoms with Crippen molar-refractivity contribution in [2.75, 3.05) is 13.7 Å². The Morgan fingerprint density at radius 2 is 2.39 bits per heavy atom. The van der Waals surface area contributed by atoms with Gasteiger partial charge in [-0.1, -0.05) is 28.1 Å². The van der Waals surface area contributed by atoms with Crippen LogP contribution in [0.1, 0.15) is 24.8 Å². The molecule has 3 nitrogen and oxygen atoms in total. The van der Waals surface area contributed by atoms with E-state index in [0.717, 1.165) is 29.5 Å². The zero-order chi connectivity index (χ0) is 13.0. The first-order chi connectivity index (χ1) is 8.65. The number of ether oxygens (including phenoxy) is 1. The minimum absolute atomic E-state index is 0.127. The monoisotopic (exact) mass is 311 g/mol. The van der Waals surface area contributed by atoms with E-state index in [0.29, 0.717) is 13.0 Å². The summed E-state index contributed by atoms with van der Waals surface area (Å²) in [6, 6.07) is 8.03. The highest BCUT2D eigenvalue weighted by Gasteiger charge is 2.21. The molecule has 1 heterocycles. The Morgan fingerprint density at radius 3 is 3.06 bits per heavy atom. The molecule has 1 saturated heterocycles. The van der Waals surface area contributed by atoms with Crippen molar-refractivity contribution < 1.29 is 9.53 Å². The largest absolute Gasteiger partial charge is 0.378 e. The molecular formula is C14H18BrNO2. The molecule has 2 rings (SSSR count). The van der Waals surface area contributed by atoms with E-state index in [-0.39, 0.29) is 12.0 Å². The first kappa shape index (κ1) is 13.6. The molecule has 18 heavy (non-hydrogen) atoms. The van der Waals surface area contributed by atoms with Gasteiger partial charge in [0.2, 0.25) is 5.91 Å². The SMILES string of the molecule is CN(Cc1cccc(Br)c1)C(=O)CC1CCCO1. The number of halogens is 1. The number of benzene rings is 1. The highest BCUT2D eigenvalue weighted by Crippen LogP contribution is 2.17.